The average Bonchev–Trinajstić information content (AvgIpc) is 3.32. The second-order valence-corrected chi connectivity index (χ2v) is 9.13. The molecule has 0 unspecified atom stereocenters. The molecule has 1 atom stereocenters. The Morgan fingerprint density at radius 3 is 2.38 bits per heavy atom. The zero-order valence-electron chi connectivity index (χ0n) is 19.0. The molecule has 0 saturated heterocycles. The lowest BCUT2D eigenvalue weighted by Crippen LogP contribution is -2.40. The standard InChI is InChI=1S/C26H23N5O2S/c1-16-22(24(32)29-20-12-8-5-9-13-20)23(18-10-6-4-7-11-18)31-25(33)21(34-26(31)28-16)14-19-15-27-30(3)17(19)2/h4-15,23H,1-3H3,(H,29,32)/t23-/m0/s1. The van der Waals surface area contributed by atoms with E-state index in [2.05, 4.69) is 15.4 Å². The van der Waals surface area contributed by atoms with Gasteiger partial charge in [0.1, 0.15) is 0 Å². The molecule has 5 rings (SSSR count). The Hall–Kier alpha value is -4.04. The molecule has 0 saturated carbocycles. The number of amides is 1. The molecular weight excluding hydrogens is 446 g/mol. The van der Waals surface area contributed by atoms with E-state index in [1.54, 1.807) is 15.4 Å². The number of nitrogens with zero attached hydrogens (tertiary/aromatic N) is 4. The number of hydrogen-bond acceptors (Lipinski definition) is 5. The monoisotopic (exact) mass is 469 g/mol. The third-order valence-electron chi connectivity index (χ3n) is 5.97. The number of nitrogens with one attached hydrogen (secondary N) is 1. The van der Waals surface area contributed by atoms with Gasteiger partial charge in [0.05, 0.1) is 28.0 Å². The fourth-order valence-corrected chi connectivity index (χ4v) is 5.12. The lowest BCUT2D eigenvalue weighted by Gasteiger charge is -2.25. The number of hydrogen-bond donors (Lipinski definition) is 1. The molecule has 4 aromatic rings. The average molecular weight is 470 g/mol. The number of carbonyl (C=O) groups excluding carboxylic acids is 1. The Kier molecular flexibility index (Phi) is 5.59. The topological polar surface area (TPSA) is 81.3 Å². The van der Waals surface area contributed by atoms with Crippen molar-refractivity contribution in [1.29, 1.82) is 0 Å². The van der Waals surface area contributed by atoms with Crippen LogP contribution >= 0.6 is 11.3 Å². The maximum atomic E-state index is 13.7. The van der Waals surface area contributed by atoms with Crippen molar-refractivity contribution in [1.82, 2.24) is 14.3 Å². The predicted molar refractivity (Wildman–Crippen MR) is 133 cm³/mol. The predicted octanol–water partition coefficient (Wildman–Crippen LogP) is 2.92. The van der Waals surface area contributed by atoms with Gasteiger partial charge < -0.3 is 5.32 Å². The third kappa shape index (κ3) is 3.82. The van der Waals surface area contributed by atoms with E-state index in [9.17, 15) is 9.59 Å². The first-order valence-electron chi connectivity index (χ1n) is 10.9. The van der Waals surface area contributed by atoms with Gasteiger partial charge in [-0.1, -0.05) is 59.9 Å². The van der Waals surface area contributed by atoms with Gasteiger partial charge in [-0.15, -0.1) is 0 Å². The van der Waals surface area contributed by atoms with Crippen LogP contribution in [0.15, 0.2) is 87.9 Å². The number of para-hydroxylation sites is 1. The number of allylic oxidation sites excluding steroid dienone is 1. The molecule has 0 spiro atoms. The van der Waals surface area contributed by atoms with Crippen molar-refractivity contribution in [2.24, 2.45) is 12.0 Å². The third-order valence-corrected chi connectivity index (χ3v) is 6.96. The minimum absolute atomic E-state index is 0.182. The van der Waals surface area contributed by atoms with E-state index in [0.717, 1.165) is 16.8 Å². The zero-order chi connectivity index (χ0) is 23.8. The Morgan fingerprint density at radius 2 is 1.74 bits per heavy atom. The van der Waals surface area contributed by atoms with Crippen LogP contribution < -0.4 is 20.2 Å². The van der Waals surface area contributed by atoms with Gasteiger partial charge in [0.2, 0.25) is 0 Å². The highest BCUT2D eigenvalue weighted by Gasteiger charge is 2.32. The van der Waals surface area contributed by atoms with Gasteiger partial charge in [0.15, 0.2) is 4.80 Å². The first kappa shape index (κ1) is 21.8. The van der Waals surface area contributed by atoms with Crippen molar-refractivity contribution in [3.8, 4) is 0 Å². The minimum Gasteiger partial charge on any atom is -0.322 e. The van der Waals surface area contributed by atoms with Crippen LogP contribution in [0.2, 0.25) is 0 Å². The number of thiazole rings is 1. The first-order valence-corrected chi connectivity index (χ1v) is 11.7. The van der Waals surface area contributed by atoms with Crippen LogP contribution in [0, 0.1) is 6.92 Å². The molecule has 0 fully saturated rings. The summed E-state index contributed by atoms with van der Waals surface area (Å²) in [6.07, 6.45) is 3.59. The molecule has 1 aliphatic rings. The molecule has 2 aromatic carbocycles. The summed E-state index contributed by atoms with van der Waals surface area (Å²) in [5.41, 5.74) is 4.23. The van der Waals surface area contributed by atoms with E-state index in [-0.39, 0.29) is 11.5 Å². The summed E-state index contributed by atoms with van der Waals surface area (Å²) in [6.45, 7) is 3.77. The van der Waals surface area contributed by atoms with Crippen LogP contribution in [-0.4, -0.2) is 20.3 Å². The van der Waals surface area contributed by atoms with Gasteiger partial charge in [0, 0.05) is 24.0 Å². The highest BCUT2D eigenvalue weighted by molar-refractivity contribution is 7.07. The lowest BCUT2D eigenvalue weighted by molar-refractivity contribution is -0.113. The molecule has 8 heteroatoms. The number of aryl methyl sites for hydroxylation is 1. The lowest BCUT2D eigenvalue weighted by atomic mass is 9.95. The zero-order valence-corrected chi connectivity index (χ0v) is 19.8. The molecule has 3 heterocycles. The summed E-state index contributed by atoms with van der Waals surface area (Å²) < 4.78 is 3.95. The molecule has 170 valence electrons. The Bertz CT molecular complexity index is 1590. The maximum Gasteiger partial charge on any atom is 0.271 e. The van der Waals surface area contributed by atoms with Crippen molar-refractivity contribution in [2.75, 3.05) is 5.32 Å². The number of benzene rings is 2. The van der Waals surface area contributed by atoms with Gasteiger partial charge >= 0.3 is 0 Å². The molecule has 0 radical (unpaired) electrons. The van der Waals surface area contributed by atoms with Crippen molar-refractivity contribution < 1.29 is 4.79 Å². The van der Waals surface area contributed by atoms with E-state index in [4.69, 9.17) is 0 Å². The molecule has 7 nitrogen and oxygen atoms in total. The van der Waals surface area contributed by atoms with Gasteiger partial charge in [-0.25, -0.2) is 4.99 Å². The molecule has 1 amide bonds. The van der Waals surface area contributed by atoms with Gasteiger partial charge in [-0.3, -0.25) is 18.8 Å². The molecular formula is C26H23N5O2S. The number of carbonyl (C=O) groups is 1. The van der Waals surface area contributed by atoms with Crippen molar-refractivity contribution in [3.63, 3.8) is 0 Å². The minimum atomic E-state index is -0.585. The van der Waals surface area contributed by atoms with E-state index in [0.29, 0.717) is 26.3 Å². The molecule has 0 aliphatic carbocycles. The molecule has 0 bridgehead atoms. The normalized spacial score (nSPS) is 15.7. The highest BCUT2D eigenvalue weighted by Crippen LogP contribution is 2.30. The van der Waals surface area contributed by atoms with Crippen LogP contribution in [0.5, 0.6) is 0 Å². The Balaban J connectivity index is 1.68. The van der Waals surface area contributed by atoms with Crippen LogP contribution in [-0.2, 0) is 11.8 Å². The van der Waals surface area contributed by atoms with E-state index >= 15 is 0 Å². The maximum absolute atomic E-state index is 13.7. The number of aromatic nitrogens is 3. The van der Waals surface area contributed by atoms with Crippen LogP contribution in [0.1, 0.15) is 29.8 Å². The SMILES string of the molecule is CC1=C(C(=O)Nc2ccccc2)[C@H](c2ccccc2)n2c(sc(=Cc3cnn(C)c3C)c2=O)=N1. The number of rotatable bonds is 4. The molecule has 1 aliphatic heterocycles. The summed E-state index contributed by atoms with van der Waals surface area (Å²) in [5, 5.41) is 7.23. The van der Waals surface area contributed by atoms with Crippen molar-refractivity contribution >= 4 is 29.0 Å². The summed E-state index contributed by atoms with van der Waals surface area (Å²) in [5.74, 6) is -0.279. The summed E-state index contributed by atoms with van der Waals surface area (Å²) >= 11 is 1.32. The van der Waals surface area contributed by atoms with Gasteiger partial charge in [-0.05, 0) is 37.6 Å². The van der Waals surface area contributed by atoms with Crippen molar-refractivity contribution in [3.05, 3.63) is 115 Å². The van der Waals surface area contributed by atoms with Crippen LogP contribution in [0.3, 0.4) is 0 Å². The highest BCUT2D eigenvalue weighted by atomic mass is 32.1. The second-order valence-electron chi connectivity index (χ2n) is 8.12. The fourth-order valence-electron chi connectivity index (χ4n) is 4.08. The molecule has 2 aromatic heterocycles. The second kappa shape index (κ2) is 8.72. The van der Waals surface area contributed by atoms with Crippen LogP contribution in [0.4, 0.5) is 5.69 Å². The summed E-state index contributed by atoms with van der Waals surface area (Å²) in [7, 11) is 1.87. The Labute approximate surface area is 200 Å². The largest absolute Gasteiger partial charge is 0.322 e. The quantitative estimate of drug-likeness (QED) is 0.499. The van der Waals surface area contributed by atoms with Crippen molar-refractivity contribution in [2.45, 2.75) is 19.9 Å². The first-order chi connectivity index (χ1) is 16.4. The number of anilines is 1. The van der Waals surface area contributed by atoms with E-state index in [1.165, 1.54) is 11.3 Å². The fraction of sp³-hybridized carbons (Fsp3) is 0.154. The van der Waals surface area contributed by atoms with E-state index < -0.39 is 6.04 Å². The molecule has 34 heavy (non-hydrogen) atoms. The summed E-state index contributed by atoms with van der Waals surface area (Å²) in [4.78, 5) is 32.4. The van der Waals surface area contributed by atoms with E-state index in [1.807, 2.05) is 87.6 Å². The van der Waals surface area contributed by atoms with Gasteiger partial charge in [0.25, 0.3) is 11.5 Å². The smallest absolute Gasteiger partial charge is 0.271 e. The molecule has 1 N–H and O–H groups in total. The number of fused-ring (bicyclic) bond motifs is 1. The Morgan fingerprint density at radius 1 is 1.06 bits per heavy atom. The van der Waals surface area contributed by atoms with Crippen LogP contribution in [0.25, 0.3) is 6.08 Å². The van der Waals surface area contributed by atoms with Gasteiger partial charge in [-0.2, -0.15) is 5.10 Å². The summed E-state index contributed by atoms with van der Waals surface area (Å²) in [6, 6.07) is 18.3.